The molecule has 43 heavy (non-hydrogen) atoms. The van der Waals surface area contributed by atoms with E-state index in [1.807, 2.05) is 0 Å². The van der Waals surface area contributed by atoms with Crippen LogP contribution in [0.1, 0.15) is 32.6 Å². The van der Waals surface area contributed by atoms with Crippen LogP contribution in [-0.4, -0.2) is 37.4 Å². The number of Topliss-reactive ketones (excluding diaryl/α,β-unsaturated/α-hetero) is 1. The smallest absolute Gasteiger partial charge is 0.399 e. The van der Waals surface area contributed by atoms with Gasteiger partial charge in [-0.1, -0.05) is 60.7 Å². The number of alkyl halides is 2. The Morgan fingerprint density at radius 2 is 1.42 bits per heavy atom. The molecule has 7 nitrogen and oxygen atoms in total. The Kier molecular flexibility index (Phi) is 9.04. The van der Waals surface area contributed by atoms with Gasteiger partial charge in [0.25, 0.3) is 0 Å². The fourth-order valence-electron chi connectivity index (χ4n) is 4.89. The average molecular weight is 632 g/mol. The summed E-state index contributed by atoms with van der Waals surface area (Å²) >= 11 is 0. The van der Waals surface area contributed by atoms with E-state index in [-0.39, 0.29) is 29.1 Å². The Morgan fingerprint density at radius 3 is 1.91 bits per heavy atom. The Morgan fingerprint density at radius 1 is 0.884 bits per heavy atom. The molecular weight excluding hydrogens is 604 g/mol. The molecule has 0 spiro atoms. The van der Waals surface area contributed by atoms with Crippen molar-refractivity contribution in [2.75, 3.05) is 13.4 Å². The van der Waals surface area contributed by atoms with Crippen molar-refractivity contribution in [1.29, 1.82) is 0 Å². The Bertz CT molecular complexity index is 1770. The van der Waals surface area contributed by atoms with Gasteiger partial charge in [-0.2, -0.15) is 8.78 Å². The maximum absolute atomic E-state index is 14.8. The third kappa shape index (κ3) is 6.75. The fraction of sp³-hybridized carbons (Fsp3) is 0.194. The van der Waals surface area contributed by atoms with Crippen molar-refractivity contribution in [3.63, 3.8) is 0 Å². The molecule has 4 rings (SSSR count). The summed E-state index contributed by atoms with van der Waals surface area (Å²) in [4.78, 5) is 32.8. The molecule has 0 saturated carbocycles. The molecule has 4 aromatic rings. The van der Waals surface area contributed by atoms with Crippen molar-refractivity contribution < 1.29 is 45.5 Å². The SMILES string of the molecule is COc1ccc(C(=O)C(Cc2cc[c]cc2)(Cc2ccc(C(F)(F)P(=O)(O)O)cc2)c2ccc(S(C)(=O)=O)cc2)cc1F. The zero-order valence-corrected chi connectivity index (χ0v) is 24.7. The maximum atomic E-state index is 14.8. The molecule has 0 heterocycles. The van der Waals surface area contributed by atoms with Crippen molar-refractivity contribution in [3.05, 3.63) is 131 Å². The van der Waals surface area contributed by atoms with E-state index in [1.165, 1.54) is 55.6 Å². The molecule has 0 aliphatic carbocycles. The highest BCUT2D eigenvalue weighted by Crippen LogP contribution is 2.59. The van der Waals surface area contributed by atoms with E-state index in [1.54, 1.807) is 24.3 Å². The molecular formula is C31H27F3O7PS. The molecule has 0 aromatic heterocycles. The summed E-state index contributed by atoms with van der Waals surface area (Å²) < 4.78 is 84.2. The van der Waals surface area contributed by atoms with Gasteiger partial charge in [0.1, 0.15) is 0 Å². The summed E-state index contributed by atoms with van der Waals surface area (Å²) in [6.45, 7) is 0. The first kappa shape index (κ1) is 32.2. The van der Waals surface area contributed by atoms with Crippen LogP contribution in [0.25, 0.3) is 0 Å². The number of ketones is 1. The number of rotatable bonds is 11. The van der Waals surface area contributed by atoms with Gasteiger partial charge in [-0.3, -0.25) is 9.36 Å². The molecule has 0 bridgehead atoms. The van der Waals surface area contributed by atoms with Crippen molar-refractivity contribution in [1.82, 2.24) is 0 Å². The lowest BCUT2D eigenvalue weighted by atomic mass is 9.67. The van der Waals surface area contributed by atoms with Crippen LogP contribution >= 0.6 is 7.60 Å². The lowest BCUT2D eigenvalue weighted by molar-refractivity contribution is 0.0564. The number of carbonyl (C=O) groups is 1. The van der Waals surface area contributed by atoms with Crippen molar-refractivity contribution in [2.45, 2.75) is 28.8 Å². The normalized spacial score (nSPS) is 13.7. The van der Waals surface area contributed by atoms with Gasteiger partial charge >= 0.3 is 13.3 Å². The van der Waals surface area contributed by atoms with E-state index in [0.29, 0.717) is 16.7 Å². The van der Waals surface area contributed by atoms with Crippen LogP contribution in [0, 0.1) is 11.9 Å². The summed E-state index contributed by atoms with van der Waals surface area (Å²) in [6.07, 6.45) is 0.945. The summed E-state index contributed by atoms with van der Waals surface area (Å²) in [6, 6.07) is 23.3. The number of hydrogen-bond acceptors (Lipinski definition) is 5. The molecule has 12 heteroatoms. The highest BCUT2D eigenvalue weighted by Gasteiger charge is 2.50. The number of halogens is 3. The van der Waals surface area contributed by atoms with Crippen LogP contribution < -0.4 is 4.74 Å². The van der Waals surface area contributed by atoms with Gasteiger partial charge in [0.15, 0.2) is 27.2 Å². The van der Waals surface area contributed by atoms with Crippen LogP contribution in [-0.2, 0) is 38.3 Å². The molecule has 2 N–H and O–H groups in total. The predicted octanol–water partition coefficient (Wildman–Crippen LogP) is 5.87. The van der Waals surface area contributed by atoms with Crippen LogP contribution in [0.4, 0.5) is 13.2 Å². The fourth-order valence-corrected chi connectivity index (χ4v) is 6.01. The second-order valence-corrected chi connectivity index (χ2v) is 13.8. The van der Waals surface area contributed by atoms with E-state index in [4.69, 9.17) is 14.5 Å². The maximum Gasteiger partial charge on any atom is 0.399 e. The summed E-state index contributed by atoms with van der Waals surface area (Å²) in [5, 5.41) is 0. The standard InChI is InChI=1S/C31H27F3O7PS/c1-41-28-17-10-23(18-27(28)32)29(35)30(19-21-6-4-3-5-7-21,24-13-15-26(16-14-24)43(2,39)40)20-22-8-11-25(12-9-22)31(33,34)42(36,37)38/h4-18H,19-20H2,1-2H3,(H2,36,37,38). The first-order valence-electron chi connectivity index (χ1n) is 12.8. The molecule has 4 aromatic carbocycles. The zero-order chi connectivity index (χ0) is 31.6. The lowest BCUT2D eigenvalue weighted by Gasteiger charge is -2.34. The molecule has 1 atom stereocenters. The zero-order valence-electron chi connectivity index (χ0n) is 23.0. The van der Waals surface area contributed by atoms with Gasteiger partial charge in [0.05, 0.1) is 17.4 Å². The monoisotopic (exact) mass is 631 g/mol. The van der Waals surface area contributed by atoms with Crippen molar-refractivity contribution in [3.8, 4) is 5.75 Å². The molecule has 0 fully saturated rings. The summed E-state index contributed by atoms with van der Waals surface area (Å²) in [5.74, 6) is -1.41. The largest absolute Gasteiger partial charge is 0.494 e. The van der Waals surface area contributed by atoms with E-state index in [0.717, 1.165) is 24.5 Å². The lowest BCUT2D eigenvalue weighted by Crippen LogP contribution is -2.41. The van der Waals surface area contributed by atoms with Gasteiger partial charge in [0, 0.05) is 17.4 Å². The van der Waals surface area contributed by atoms with Gasteiger partial charge in [-0.25, -0.2) is 12.8 Å². The number of sulfone groups is 1. The van der Waals surface area contributed by atoms with E-state index in [2.05, 4.69) is 6.07 Å². The van der Waals surface area contributed by atoms with Gasteiger partial charge in [-0.05, 0) is 65.9 Å². The molecule has 0 amide bonds. The van der Waals surface area contributed by atoms with E-state index >= 15 is 0 Å². The average Bonchev–Trinajstić information content (AvgIpc) is 2.96. The van der Waals surface area contributed by atoms with Crippen LogP contribution in [0.3, 0.4) is 0 Å². The van der Waals surface area contributed by atoms with E-state index in [9.17, 15) is 30.9 Å². The Labute approximate surface area is 247 Å². The number of benzene rings is 4. The first-order chi connectivity index (χ1) is 20.1. The molecule has 0 saturated heterocycles. The van der Waals surface area contributed by atoms with Gasteiger partial charge in [0.2, 0.25) is 0 Å². The van der Waals surface area contributed by atoms with Crippen LogP contribution in [0.2, 0.25) is 0 Å². The van der Waals surface area contributed by atoms with Crippen molar-refractivity contribution >= 4 is 23.2 Å². The summed E-state index contributed by atoms with van der Waals surface area (Å²) in [7, 11) is -8.12. The predicted molar refractivity (Wildman–Crippen MR) is 154 cm³/mol. The topological polar surface area (TPSA) is 118 Å². The Balaban J connectivity index is 1.93. The second-order valence-electron chi connectivity index (χ2n) is 10.1. The minimum atomic E-state index is -5.81. The minimum Gasteiger partial charge on any atom is -0.494 e. The Hall–Kier alpha value is -3.76. The molecule has 0 aliphatic rings. The molecule has 1 radical (unpaired) electrons. The van der Waals surface area contributed by atoms with E-state index < -0.39 is 45.7 Å². The van der Waals surface area contributed by atoms with Gasteiger partial charge in [-0.15, -0.1) is 0 Å². The third-order valence-corrected chi connectivity index (χ3v) is 9.27. The highest BCUT2D eigenvalue weighted by molar-refractivity contribution is 7.90. The van der Waals surface area contributed by atoms with Crippen molar-refractivity contribution in [2.24, 2.45) is 0 Å². The van der Waals surface area contributed by atoms with Gasteiger partial charge < -0.3 is 14.5 Å². The quantitative estimate of drug-likeness (QED) is 0.157. The summed E-state index contributed by atoms with van der Waals surface area (Å²) in [5.41, 5.74) is -5.47. The second kappa shape index (κ2) is 12.1. The number of hydrogen-bond donors (Lipinski definition) is 2. The van der Waals surface area contributed by atoms with Crippen LogP contribution in [0.5, 0.6) is 5.75 Å². The third-order valence-electron chi connectivity index (χ3n) is 7.15. The molecule has 1 unspecified atom stereocenters. The minimum absolute atomic E-state index is 0.00595. The highest BCUT2D eigenvalue weighted by atomic mass is 32.2. The number of ether oxygens (including phenoxy) is 1. The number of carbonyl (C=O) groups excluding carboxylic acids is 1. The molecule has 225 valence electrons. The molecule has 0 aliphatic heterocycles. The first-order valence-corrected chi connectivity index (χ1v) is 16.3. The van der Waals surface area contributed by atoms with Crippen LogP contribution in [0.15, 0.2) is 95.9 Å². The number of methoxy groups -OCH3 is 1.